The van der Waals surface area contributed by atoms with Crippen LogP contribution in [-0.4, -0.2) is 18.0 Å². The molecule has 2 aromatic carbocycles. The monoisotopic (exact) mass is 428 g/mol. The molecule has 29 heavy (non-hydrogen) atoms. The van der Waals surface area contributed by atoms with Crippen LogP contribution in [0.1, 0.15) is 47.3 Å². The molecule has 0 bridgehead atoms. The number of carbonyl (C=O) groups excluding carboxylic acids is 2. The third kappa shape index (κ3) is 4.70. The number of benzene rings is 2. The molecule has 1 aliphatic heterocycles. The van der Waals surface area contributed by atoms with Gasteiger partial charge in [-0.15, -0.1) is 0 Å². The number of rotatable bonds is 5. The van der Waals surface area contributed by atoms with Crippen molar-refractivity contribution in [2.24, 2.45) is 5.92 Å². The van der Waals surface area contributed by atoms with E-state index in [9.17, 15) is 27.2 Å². The number of alkyl halides is 3. The van der Waals surface area contributed by atoms with Crippen molar-refractivity contribution in [2.75, 3.05) is 5.32 Å². The first-order chi connectivity index (χ1) is 13.6. The lowest BCUT2D eigenvalue weighted by Crippen LogP contribution is -2.24. The minimum Gasteiger partial charge on any atom is -0.341 e. The van der Waals surface area contributed by atoms with Gasteiger partial charge < -0.3 is 10.6 Å². The van der Waals surface area contributed by atoms with E-state index in [1.165, 1.54) is 31.2 Å². The second-order valence-corrected chi connectivity index (χ2v) is 7.29. The maximum Gasteiger partial charge on any atom is 0.389 e. The molecule has 3 rings (SSSR count). The van der Waals surface area contributed by atoms with Gasteiger partial charge in [-0.1, -0.05) is 24.6 Å². The van der Waals surface area contributed by atoms with Crippen LogP contribution < -0.4 is 10.6 Å². The molecule has 1 aliphatic rings. The largest absolute Gasteiger partial charge is 0.389 e. The van der Waals surface area contributed by atoms with Crippen LogP contribution in [0.5, 0.6) is 0 Å². The zero-order valence-electron chi connectivity index (χ0n) is 15.2. The smallest absolute Gasteiger partial charge is 0.341 e. The fourth-order valence-electron chi connectivity index (χ4n) is 3.20. The second kappa shape index (κ2) is 8.02. The minimum atomic E-state index is -4.35. The number of amides is 2. The molecule has 2 amide bonds. The van der Waals surface area contributed by atoms with Gasteiger partial charge in [-0.25, -0.2) is 4.39 Å². The molecule has 1 heterocycles. The number of hydrogen-bond acceptors (Lipinski definition) is 2. The molecule has 0 spiro atoms. The summed E-state index contributed by atoms with van der Waals surface area (Å²) in [6, 6.07) is 7.55. The lowest BCUT2D eigenvalue weighted by molar-refractivity contribution is -0.139. The maximum absolute atomic E-state index is 13.7. The SMILES string of the molecule is C[C@@H](CCC(F)(F)F)C(=O)Nc1cccc2c1[C@@H](c1cc(F)ccc1Cl)NC2=O. The molecule has 2 N–H and O–H groups in total. The van der Waals surface area contributed by atoms with Crippen LogP contribution in [0.4, 0.5) is 23.2 Å². The van der Waals surface area contributed by atoms with Gasteiger partial charge in [0, 0.05) is 39.7 Å². The van der Waals surface area contributed by atoms with Gasteiger partial charge in [-0.3, -0.25) is 9.59 Å². The molecule has 0 saturated heterocycles. The standard InChI is InChI=1S/C20H17ClF4N2O2/c1-10(7-8-20(23,24)25)18(28)26-15-4-2-3-12-16(15)17(27-19(12)29)13-9-11(22)5-6-14(13)21/h2-6,9-10,17H,7-8H2,1H3,(H,26,28)(H,27,29)/t10-,17+/m0/s1. The van der Waals surface area contributed by atoms with Crippen molar-refractivity contribution in [1.29, 1.82) is 0 Å². The van der Waals surface area contributed by atoms with E-state index < -0.39 is 42.2 Å². The second-order valence-electron chi connectivity index (χ2n) is 6.88. The van der Waals surface area contributed by atoms with Crippen molar-refractivity contribution in [3.63, 3.8) is 0 Å². The number of fused-ring (bicyclic) bond motifs is 1. The quantitative estimate of drug-likeness (QED) is 0.641. The van der Waals surface area contributed by atoms with Gasteiger partial charge in [0.15, 0.2) is 0 Å². The Morgan fingerprint density at radius 3 is 2.69 bits per heavy atom. The van der Waals surface area contributed by atoms with Gasteiger partial charge >= 0.3 is 6.18 Å². The van der Waals surface area contributed by atoms with E-state index >= 15 is 0 Å². The van der Waals surface area contributed by atoms with Crippen LogP contribution >= 0.6 is 11.6 Å². The van der Waals surface area contributed by atoms with E-state index in [0.717, 1.165) is 0 Å². The van der Waals surface area contributed by atoms with Crippen LogP contribution in [0.3, 0.4) is 0 Å². The summed E-state index contributed by atoms with van der Waals surface area (Å²) >= 11 is 6.17. The van der Waals surface area contributed by atoms with E-state index in [1.54, 1.807) is 12.1 Å². The number of halogens is 5. The summed E-state index contributed by atoms with van der Waals surface area (Å²) in [4.78, 5) is 24.7. The molecule has 0 saturated carbocycles. The molecule has 4 nitrogen and oxygen atoms in total. The van der Waals surface area contributed by atoms with Crippen LogP contribution in [0.25, 0.3) is 0 Å². The molecular weight excluding hydrogens is 412 g/mol. The molecule has 0 aromatic heterocycles. The fraction of sp³-hybridized carbons (Fsp3) is 0.300. The molecule has 0 radical (unpaired) electrons. The van der Waals surface area contributed by atoms with E-state index in [1.807, 2.05) is 0 Å². The average molecular weight is 429 g/mol. The molecule has 0 unspecified atom stereocenters. The molecule has 0 aliphatic carbocycles. The summed E-state index contributed by atoms with van der Waals surface area (Å²) in [5.41, 5.74) is 1.23. The summed E-state index contributed by atoms with van der Waals surface area (Å²) in [6.07, 6.45) is -5.78. The fourth-order valence-corrected chi connectivity index (χ4v) is 3.43. The predicted octanol–water partition coefficient (Wildman–Crippen LogP) is 5.23. The Morgan fingerprint density at radius 1 is 1.28 bits per heavy atom. The van der Waals surface area contributed by atoms with Crippen LogP contribution in [-0.2, 0) is 4.79 Å². The zero-order valence-corrected chi connectivity index (χ0v) is 16.0. The van der Waals surface area contributed by atoms with E-state index in [4.69, 9.17) is 11.6 Å². The molecular formula is C20H17ClF4N2O2. The maximum atomic E-state index is 13.7. The Hall–Kier alpha value is -2.61. The van der Waals surface area contributed by atoms with Gasteiger partial charge in [-0.05, 0) is 36.8 Å². The Kier molecular flexibility index (Phi) is 5.84. The zero-order chi connectivity index (χ0) is 21.3. The van der Waals surface area contributed by atoms with E-state index in [-0.39, 0.29) is 22.7 Å². The van der Waals surface area contributed by atoms with Crippen molar-refractivity contribution in [3.8, 4) is 0 Å². The minimum absolute atomic E-state index is 0.226. The number of nitrogens with one attached hydrogen (secondary N) is 2. The summed E-state index contributed by atoms with van der Waals surface area (Å²) in [7, 11) is 0. The normalized spacial score (nSPS) is 16.9. The first-order valence-corrected chi connectivity index (χ1v) is 9.21. The highest BCUT2D eigenvalue weighted by Crippen LogP contribution is 2.39. The summed E-state index contributed by atoms with van der Waals surface area (Å²) in [5, 5.41) is 5.52. The Labute approximate surface area is 169 Å². The molecule has 9 heteroatoms. The predicted molar refractivity (Wildman–Crippen MR) is 100 cm³/mol. The van der Waals surface area contributed by atoms with Gasteiger partial charge in [0.1, 0.15) is 5.82 Å². The lowest BCUT2D eigenvalue weighted by Gasteiger charge is -2.19. The molecule has 154 valence electrons. The van der Waals surface area contributed by atoms with Crippen molar-refractivity contribution in [1.82, 2.24) is 5.32 Å². The van der Waals surface area contributed by atoms with Gasteiger partial charge in [0.2, 0.25) is 5.91 Å². The van der Waals surface area contributed by atoms with Crippen LogP contribution in [0.15, 0.2) is 36.4 Å². The Morgan fingerprint density at radius 2 is 2.00 bits per heavy atom. The summed E-state index contributed by atoms with van der Waals surface area (Å²) < 4.78 is 51.0. The van der Waals surface area contributed by atoms with E-state index in [0.29, 0.717) is 11.1 Å². The van der Waals surface area contributed by atoms with Crippen LogP contribution in [0.2, 0.25) is 5.02 Å². The van der Waals surface area contributed by atoms with Crippen molar-refractivity contribution in [2.45, 2.75) is 32.0 Å². The van der Waals surface area contributed by atoms with Crippen molar-refractivity contribution >= 4 is 29.1 Å². The lowest BCUT2D eigenvalue weighted by atomic mass is 9.95. The molecule has 2 atom stereocenters. The Bertz CT molecular complexity index is 962. The first-order valence-electron chi connectivity index (χ1n) is 8.83. The highest BCUT2D eigenvalue weighted by molar-refractivity contribution is 6.31. The van der Waals surface area contributed by atoms with Crippen molar-refractivity contribution < 1.29 is 27.2 Å². The van der Waals surface area contributed by atoms with E-state index in [2.05, 4.69) is 10.6 Å². The van der Waals surface area contributed by atoms with Gasteiger partial charge in [0.25, 0.3) is 5.91 Å². The number of anilines is 1. The molecule has 2 aromatic rings. The summed E-state index contributed by atoms with van der Waals surface area (Å²) in [6.45, 7) is 1.40. The topological polar surface area (TPSA) is 58.2 Å². The first kappa shape index (κ1) is 21.1. The summed E-state index contributed by atoms with van der Waals surface area (Å²) in [5.74, 6) is -2.47. The highest BCUT2D eigenvalue weighted by atomic mass is 35.5. The third-order valence-electron chi connectivity index (χ3n) is 4.75. The van der Waals surface area contributed by atoms with Crippen LogP contribution in [0, 0.1) is 11.7 Å². The highest BCUT2D eigenvalue weighted by Gasteiger charge is 2.34. The molecule has 0 fully saturated rings. The van der Waals surface area contributed by atoms with Crippen molar-refractivity contribution in [3.05, 3.63) is 63.9 Å². The Balaban J connectivity index is 1.90. The third-order valence-corrected chi connectivity index (χ3v) is 5.09. The van der Waals surface area contributed by atoms with Gasteiger partial charge in [-0.2, -0.15) is 13.2 Å². The number of carbonyl (C=O) groups is 2. The average Bonchev–Trinajstić information content (AvgIpc) is 2.99. The van der Waals surface area contributed by atoms with Gasteiger partial charge in [0.05, 0.1) is 6.04 Å². The number of hydrogen-bond donors (Lipinski definition) is 2.